The molecule has 0 aliphatic heterocycles. The lowest BCUT2D eigenvalue weighted by Gasteiger charge is -2.05. The maximum atomic E-state index is 6.14. The van der Waals surface area contributed by atoms with Crippen molar-refractivity contribution in [2.45, 2.75) is 6.42 Å². The summed E-state index contributed by atoms with van der Waals surface area (Å²) in [7, 11) is 5.66. The van der Waals surface area contributed by atoms with Crippen LogP contribution in [0.25, 0.3) is 10.9 Å². The van der Waals surface area contributed by atoms with Crippen molar-refractivity contribution < 1.29 is 4.74 Å². The molecular weight excluding hydrogens is 236 g/mol. The van der Waals surface area contributed by atoms with Crippen molar-refractivity contribution in [1.29, 1.82) is 0 Å². The number of aromatic nitrogens is 1. The molecule has 0 spiro atoms. The van der Waals surface area contributed by atoms with Crippen LogP contribution in [0.4, 0.5) is 0 Å². The molecule has 2 aromatic rings. The predicted molar refractivity (Wildman–Crippen MR) is 72.1 cm³/mol. The summed E-state index contributed by atoms with van der Waals surface area (Å²) in [6.45, 7) is 0.967. The SMILES string of the molecule is CNCCc1cc2cc(OC)c(Cl)cc2n1C. The fourth-order valence-corrected chi connectivity index (χ4v) is 2.28. The van der Waals surface area contributed by atoms with E-state index in [0.29, 0.717) is 5.02 Å². The van der Waals surface area contributed by atoms with E-state index in [9.17, 15) is 0 Å². The molecule has 1 aromatic carbocycles. The first-order chi connectivity index (χ1) is 8.17. The van der Waals surface area contributed by atoms with Gasteiger partial charge in [0.15, 0.2) is 0 Å². The number of hydrogen-bond acceptors (Lipinski definition) is 2. The highest BCUT2D eigenvalue weighted by Crippen LogP contribution is 2.31. The zero-order valence-corrected chi connectivity index (χ0v) is 11.1. The number of nitrogens with zero attached hydrogens (tertiary/aromatic N) is 1. The van der Waals surface area contributed by atoms with E-state index in [2.05, 4.69) is 23.0 Å². The number of benzene rings is 1. The third-order valence-corrected chi connectivity index (χ3v) is 3.34. The highest BCUT2D eigenvalue weighted by Gasteiger charge is 2.09. The van der Waals surface area contributed by atoms with Gasteiger partial charge < -0.3 is 14.6 Å². The number of nitrogens with one attached hydrogen (secondary N) is 1. The molecule has 0 atom stereocenters. The second-order valence-corrected chi connectivity index (χ2v) is 4.50. The van der Waals surface area contributed by atoms with E-state index in [4.69, 9.17) is 16.3 Å². The highest BCUT2D eigenvalue weighted by molar-refractivity contribution is 6.32. The minimum Gasteiger partial charge on any atom is -0.495 e. The molecule has 1 N–H and O–H groups in total. The summed E-state index contributed by atoms with van der Waals surface area (Å²) in [5.74, 6) is 0.727. The van der Waals surface area contributed by atoms with Crippen molar-refractivity contribution >= 4 is 22.5 Å². The number of ether oxygens (including phenoxy) is 1. The summed E-state index contributed by atoms with van der Waals surface area (Å²) in [6.07, 6.45) is 1.00. The predicted octanol–water partition coefficient (Wildman–Crippen LogP) is 2.60. The highest BCUT2D eigenvalue weighted by atomic mass is 35.5. The summed E-state index contributed by atoms with van der Waals surface area (Å²) in [5, 5.41) is 4.98. The molecule has 2 rings (SSSR count). The van der Waals surface area contributed by atoms with Gasteiger partial charge in [0, 0.05) is 36.6 Å². The van der Waals surface area contributed by atoms with Gasteiger partial charge in [-0.05, 0) is 25.2 Å². The van der Waals surface area contributed by atoms with Crippen LogP contribution in [-0.2, 0) is 13.5 Å². The molecule has 4 heteroatoms. The van der Waals surface area contributed by atoms with E-state index >= 15 is 0 Å². The Morgan fingerprint density at radius 3 is 2.76 bits per heavy atom. The molecule has 1 heterocycles. The molecule has 0 aliphatic rings. The van der Waals surface area contributed by atoms with Crippen molar-refractivity contribution in [2.75, 3.05) is 20.7 Å². The monoisotopic (exact) mass is 252 g/mol. The van der Waals surface area contributed by atoms with Crippen LogP contribution < -0.4 is 10.1 Å². The third-order valence-electron chi connectivity index (χ3n) is 3.05. The first kappa shape index (κ1) is 12.3. The van der Waals surface area contributed by atoms with E-state index in [0.717, 1.165) is 24.2 Å². The van der Waals surface area contributed by atoms with E-state index in [-0.39, 0.29) is 0 Å². The molecule has 92 valence electrons. The molecule has 17 heavy (non-hydrogen) atoms. The molecule has 0 aliphatic carbocycles. The van der Waals surface area contributed by atoms with E-state index in [1.165, 1.54) is 11.1 Å². The van der Waals surface area contributed by atoms with E-state index < -0.39 is 0 Å². The van der Waals surface area contributed by atoms with Crippen molar-refractivity contribution in [2.24, 2.45) is 7.05 Å². The Morgan fingerprint density at radius 2 is 2.12 bits per heavy atom. The third kappa shape index (κ3) is 2.26. The zero-order chi connectivity index (χ0) is 12.4. The molecule has 0 unspecified atom stereocenters. The van der Waals surface area contributed by atoms with Crippen molar-refractivity contribution in [1.82, 2.24) is 9.88 Å². The Balaban J connectivity index is 2.49. The Morgan fingerprint density at radius 1 is 1.35 bits per heavy atom. The second kappa shape index (κ2) is 4.98. The summed E-state index contributed by atoms with van der Waals surface area (Å²) in [6, 6.07) is 6.13. The molecule has 3 nitrogen and oxygen atoms in total. The minimum atomic E-state index is 0.654. The van der Waals surface area contributed by atoms with Crippen LogP contribution in [0.2, 0.25) is 5.02 Å². The van der Waals surface area contributed by atoms with Crippen LogP contribution in [0.1, 0.15) is 5.69 Å². The van der Waals surface area contributed by atoms with Gasteiger partial charge in [0.2, 0.25) is 0 Å². The first-order valence-corrected chi connectivity index (χ1v) is 6.01. The van der Waals surface area contributed by atoms with Gasteiger partial charge >= 0.3 is 0 Å². The number of hydrogen-bond donors (Lipinski definition) is 1. The van der Waals surface area contributed by atoms with Crippen LogP contribution in [0.3, 0.4) is 0 Å². The van der Waals surface area contributed by atoms with Gasteiger partial charge in [-0.1, -0.05) is 11.6 Å². The van der Waals surface area contributed by atoms with Gasteiger partial charge in [-0.2, -0.15) is 0 Å². The van der Waals surface area contributed by atoms with Gasteiger partial charge in [-0.3, -0.25) is 0 Å². The minimum absolute atomic E-state index is 0.654. The van der Waals surface area contributed by atoms with Gasteiger partial charge in [0.25, 0.3) is 0 Å². The number of fused-ring (bicyclic) bond motifs is 1. The van der Waals surface area contributed by atoms with Crippen LogP contribution in [0.5, 0.6) is 5.75 Å². The molecule has 0 saturated carbocycles. The van der Waals surface area contributed by atoms with Crippen molar-refractivity contribution in [3.8, 4) is 5.75 Å². The van der Waals surface area contributed by atoms with Crippen LogP contribution in [0, 0.1) is 0 Å². The average molecular weight is 253 g/mol. The number of rotatable bonds is 4. The first-order valence-electron chi connectivity index (χ1n) is 5.63. The topological polar surface area (TPSA) is 26.2 Å². The Kier molecular flexibility index (Phi) is 3.60. The molecule has 0 amide bonds. The Hall–Kier alpha value is -1.19. The van der Waals surface area contributed by atoms with Crippen molar-refractivity contribution in [3.63, 3.8) is 0 Å². The van der Waals surface area contributed by atoms with Gasteiger partial charge in [0.1, 0.15) is 5.75 Å². The molecule has 1 aromatic heterocycles. The van der Waals surface area contributed by atoms with Gasteiger partial charge in [0.05, 0.1) is 12.1 Å². The molecule has 0 radical (unpaired) electrons. The molecular formula is C13H17ClN2O. The maximum Gasteiger partial charge on any atom is 0.138 e. The van der Waals surface area contributed by atoms with Gasteiger partial charge in [-0.15, -0.1) is 0 Å². The number of aryl methyl sites for hydroxylation is 1. The molecule has 0 fully saturated rings. The fourth-order valence-electron chi connectivity index (χ4n) is 2.05. The quantitative estimate of drug-likeness (QED) is 0.905. The number of likely N-dealkylation sites (N-methyl/N-ethyl adjacent to an activating group) is 1. The number of halogens is 1. The summed E-state index contributed by atoms with van der Waals surface area (Å²) in [5.41, 5.74) is 2.43. The number of methoxy groups -OCH3 is 1. The lowest BCUT2D eigenvalue weighted by atomic mass is 10.2. The second-order valence-electron chi connectivity index (χ2n) is 4.09. The molecule has 0 saturated heterocycles. The summed E-state index contributed by atoms with van der Waals surface area (Å²) < 4.78 is 7.41. The van der Waals surface area contributed by atoms with Crippen LogP contribution in [0.15, 0.2) is 18.2 Å². The lowest BCUT2D eigenvalue weighted by Crippen LogP contribution is -2.12. The Labute approximate surface area is 106 Å². The largest absolute Gasteiger partial charge is 0.495 e. The van der Waals surface area contributed by atoms with Gasteiger partial charge in [-0.25, -0.2) is 0 Å². The normalized spacial score (nSPS) is 11.1. The van der Waals surface area contributed by atoms with E-state index in [1.54, 1.807) is 7.11 Å². The summed E-state index contributed by atoms with van der Waals surface area (Å²) >= 11 is 6.14. The Bertz CT molecular complexity index is 534. The maximum absolute atomic E-state index is 6.14. The molecule has 0 bridgehead atoms. The summed E-state index contributed by atoms with van der Waals surface area (Å²) in [4.78, 5) is 0. The van der Waals surface area contributed by atoms with Crippen LogP contribution >= 0.6 is 11.6 Å². The standard InChI is InChI=1S/C13H17ClN2O/c1-15-5-4-10-6-9-7-13(17-3)11(14)8-12(9)16(10)2/h6-8,15H,4-5H2,1-3H3. The van der Waals surface area contributed by atoms with Crippen molar-refractivity contribution in [3.05, 3.63) is 28.9 Å². The fraction of sp³-hybridized carbons (Fsp3) is 0.385. The van der Waals surface area contributed by atoms with Crippen LogP contribution in [-0.4, -0.2) is 25.3 Å². The zero-order valence-electron chi connectivity index (χ0n) is 10.4. The lowest BCUT2D eigenvalue weighted by molar-refractivity contribution is 0.415. The average Bonchev–Trinajstić information content (AvgIpc) is 2.63. The van der Waals surface area contributed by atoms with E-state index in [1.807, 2.05) is 19.2 Å². The smallest absolute Gasteiger partial charge is 0.138 e.